The summed E-state index contributed by atoms with van der Waals surface area (Å²) in [6, 6.07) is 6.70. The molecular weight excluding hydrogens is 242 g/mol. The van der Waals surface area contributed by atoms with E-state index in [2.05, 4.69) is 44.3 Å². The first kappa shape index (κ1) is 15.5. The predicted octanol–water partition coefficient (Wildman–Crippen LogP) is 3.41. The van der Waals surface area contributed by atoms with Crippen LogP contribution in [0.3, 0.4) is 0 Å². The molecular formula is C15H25NOS. The predicted molar refractivity (Wildman–Crippen MR) is 80.6 cm³/mol. The Kier molecular flexibility index (Phi) is 7.40. The largest absolute Gasteiger partial charge is 0.385 e. The highest BCUT2D eigenvalue weighted by Crippen LogP contribution is 2.24. The average Bonchev–Trinajstić information content (AvgIpc) is 2.34. The molecule has 0 bridgehead atoms. The first-order valence-electron chi connectivity index (χ1n) is 6.57. The van der Waals surface area contributed by atoms with Gasteiger partial charge in [-0.1, -0.05) is 13.0 Å². The van der Waals surface area contributed by atoms with Crippen molar-refractivity contribution in [2.45, 2.75) is 37.3 Å². The number of nitrogens with one attached hydrogen (secondary N) is 1. The van der Waals surface area contributed by atoms with Gasteiger partial charge < -0.3 is 10.1 Å². The third-order valence-corrected chi connectivity index (χ3v) is 4.04. The van der Waals surface area contributed by atoms with E-state index in [0.29, 0.717) is 5.25 Å². The lowest BCUT2D eigenvalue weighted by molar-refractivity contribution is 0.194. The fourth-order valence-corrected chi connectivity index (χ4v) is 2.77. The molecule has 0 spiro atoms. The standard InChI is InChI=1S/C15H25NOS/c1-12-6-7-15(10-13(12)2)18-14(3)11-16-8-5-9-17-4/h6-7,10,14,16H,5,8-9,11H2,1-4H3. The van der Waals surface area contributed by atoms with E-state index in [0.717, 1.165) is 26.1 Å². The lowest BCUT2D eigenvalue weighted by Gasteiger charge is -2.13. The highest BCUT2D eigenvalue weighted by Gasteiger charge is 2.04. The molecule has 0 heterocycles. The monoisotopic (exact) mass is 267 g/mol. The SMILES string of the molecule is COCCCNCC(C)Sc1ccc(C)c(C)c1. The number of hydrogen-bond donors (Lipinski definition) is 1. The molecule has 1 atom stereocenters. The second kappa shape index (κ2) is 8.57. The van der Waals surface area contributed by atoms with Crippen LogP contribution in [0.5, 0.6) is 0 Å². The number of rotatable bonds is 8. The van der Waals surface area contributed by atoms with Gasteiger partial charge in [-0.15, -0.1) is 11.8 Å². The third kappa shape index (κ3) is 5.89. The Balaban J connectivity index is 2.26. The molecule has 1 unspecified atom stereocenters. The number of aryl methyl sites for hydroxylation is 2. The van der Waals surface area contributed by atoms with E-state index in [1.54, 1.807) is 7.11 Å². The summed E-state index contributed by atoms with van der Waals surface area (Å²) in [4.78, 5) is 1.37. The van der Waals surface area contributed by atoms with Crippen molar-refractivity contribution < 1.29 is 4.74 Å². The minimum atomic E-state index is 0.592. The lowest BCUT2D eigenvalue weighted by atomic mass is 10.1. The van der Waals surface area contributed by atoms with Crippen LogP contribution < -0.4 is 5.32 Å². The normalized spacial score (nSPS) is 12.7. The zero-order chi connectivity index (χ0) is 13.4. The molecule has 3 heteroatoms. The zero-order valence-electron chi connectivity index (χ0n) is 12.0. The fourth-order valence-electron chi connectivity index (χ4n) is 1.71. The molecule has 1 N–H and O–H groups in total. The summed E-state index contributed by atoms with van der Waals surface area (Å²) in [6.07, 6.45) is 1.08. The van der Waals surface area contributed by atoms with E-state index in [9.17, 15) is 0 Å². The minimum absolute atomic E-state index is 0.592. The molecule has 0 saturated carbocycles. The quantitative estimate of drug-likeness (QED) is 0.576. The molecule has 0 aliphatic rings. The van der Waals surface area contributed by atoms with Crippen LogP contribution in [0.2, 0.25) is 0 Å². The van der Waals surface area contributed by atoms with Crippen molar-refractivity contribution in [1.29, 1.82) is 0 Å². The third-order valence-electron chi connectivity index (χ3n) is 2.95. The first-order valence-corrected chi connectivity index (χ1v) is 7.45. The van der Waals surface area contributed by atoms with Crippen LogP contribution in [0.25, 0.3) is 0 Å². The topological polar surface area (TPSA) is 21.3 Å². The first-order chi connectivity index (χ1) is 8.63. The summed E-state index contributed by atoms with van der Waals surface area (Å²) in [6.45, 7) is 9.51. The van der Waals surface area contributed by atoms with Gasteiger partial charge in [0.25, 0.3) is 0 Å². The maximum absolute atomic E-state index is 5.02. The zero-order valence-corrected chi connectivity index (χ0v) is 12.8. The second-order valence-electron chi connectivity index (χ2n) is 4.73. The number of benzene rings is 1. The van der Waals surface area contributed by atoms with Crippen LogP contribution in [-0.2, 0) is 4.74 Å². The smallest absolute Gasteiger partial charge is 0.0474 e. The Labute approximate surface area is 116 Å². The van der Waals surface area contributed by atoms with Gasteiger partial charge in [-0.05, 0) is 50.1 Å². The van der Waals surface area contributed by atoms with Gasteiger partial charge in [0.05, 0.1) is 0 Å². The minimum Gasteiger partial charge on any atom is -0.385 e. The van der Waals surface area contributed by atoms with E-state index < -0.39 is 0 Å². The summed E-state index contributed by atoms with van der Waals surface area (Å²) >= 11 is 1.94. The maximum atomic E-state index is 5.02. The van der Waals surface area contributed by atoms with Gasteiger partial charge in [0.1, 0.15) is 0 Å². The second-order valence-corrected chi connectivity index (χ2v) is 6.24. The Morgan fingerprint density at radius 2 is 2.06 bits per heavy atom. The summed E-state index contributed by atoms with van der Waals surface area (Å²) in [5.74, 6) is 0. The van der Waals surface area contributed by atoms with Gasteiger partial charge in [0, 0.05) is 30.4 Å². The van der Waals surface area contributed by atoms with Crippen molar-refractivity contribution in [3.05, 3.63) is 29.3 Å². The molecule has 1 aromatic carbocycles. The van der Waals surface area contributed by atoms with Crippen molar-refractivity contribution in [3.63, 3.8) is 0 Å². The number of ether oxygens (including phenoxy) is 1. The van der Waals surface area contributed by atoms with Gasteiger partial charge in [0.15, 0.2) is 0 Å². The molecule has 18 heavy (non-hydrogen) atoms. The van der Waals surface area contributed by atoms with Crippen molar-refractivity contribution in [2.24, 2.45) is 0 Å². The molecule has 1 aromatic rings. The number of thioether (sulfide) groups is 1. The maximum Gasteiger partial charge on any atom is 0.0474 e. The summed E-state index contributed by atoms with van der Waals surface area (Å²) in [5.41, 5.74) is 2.74. The molecule has 2 nitrogen and oxygen atoms in total. The fraction of sp³-hybridized carbons (Fsp3) is 0.600. The van der Waals surface area contributed by atoms with Gasteiger partial charge >= 0.3 is 0 Å². The van der Waals surface area contributed by atoms with Crippen LogP contribution in [0, 0.1) is 13.8 Å². The van der Waals surface area contributed by atoms with Gasteiger partial charge in [-0.3, -0.25) is 0 Å². The van der Waals surface area contributed by atoms with Crippen LogP contribution in [0.15, 0.2) is 23.1 Å². The molecule has 0 fully saturated rings. The van der Waals surface area contributed by atoms with E-state index >= 15 is 0 Å². The summed E-state index contributed by atoms with van der Waals surface area (Å²) in [7, 11) is 1.75. The summed E-state index contributed by atoms with van der Waals surface area (Å²) in [5, 5.41) is 4.06. The average molecular weight is 267 g/mol. The van der Waals surface area contributed by atoms with Crippen molar-refractivity contribution in [2.75, 3.05) is 26.8 Å². The molecule has 0 aliphatic heterocycles. The molecule has 0 saturated heterocycles. The molecule has 0 radical (unpaired) electrons. The Morgan fingerprint density at radius 3 is 2.72 bits per heavy atom. The highest BCUT2D eigenvalue weighted by molar-refractivity contribution is 8.00. The van der Waals surface area contributed by atoms with Crippen molar-refractivity contribution in [1.82, 2.24) is 5.32 Å². The van der Waals surface area contributed by atoms with E-state index in [1.807, 2.05) is 11.8 Å². The Hall–Kier alpha value is -0.510. The Bertz CT molecular complexity index is 354. The van der Waals surface area contributed by atoms with Gasteiger partial charge in [0.2, 0.25) is 0 Å². The Morgan fingerprint density at radius 1 is 1.28 bits per heavy atom. The van der Waals surface area contributed by atoms with Gasteiger partial charge in [-0.25, -0.2) is 0 Å². The lowest BCUT2D eigenvalue weighted by Crippen LogP contribution is -2.24. The van der Waals surface area contributed by atoms with Gasteiger partial charge in [-0.2, -0.15) is 0 Å². The van der Waals surface area contributed by atoms with Crippen LogP contribution in [0.1, 0.15) is 24.5 Å². The van der Waals surface area contributed by atoms with Crippen molar-refractivity contribution in [3.8, 4) is 0 Å². The van der Waals surface area contributed by atoms with E-state index in [-0.39, 0.29) is 0 Å². The van der Waals surface area contributed by atoms with E-state index in [4.69, 9.17) is 4.74 Å². The number of methoxy groups -OCH3 is 1. The number of hydrogen-bond acceptors (Lipinski definition) is 3. The van der Waals surface area contributed by atoms with Crippen molar-refractivity contribution >= 4 is 11.8 Å². The molecule has 0 aliphatic carbocycles. The molecule has 0 aromatic heterocycles. The molecule has 102 valence electrons. The van der Waals surface area contributed by atoms with E-state index in [1.165, 1.54) is 16.0 Å². The summed E-state index contributed by atoms with van der Waals surface area (Å²) < 4.78 is 5.02. The van der Waals surface area contributed by atoms with Crippen LogP contribution >= 0.6 is 11.8 Å². The highest BCUT2D eigenvalue weighted by atomic mass is 32.2. The molecule has 1 rings (SSSR count). The van der Waals surface area contributed by atoms with Crippen LogP contribution in [0.4, 0.5) is 0 Å². The van der Waals surface area contributed by atoms with Crippen LogP contribution in [-0.4, -0.2) is 32.1 Å². The molecule has 0 amide bonds.